The van der Waals surface area contributed by atoms with Crippen LogP contribution in [0.5, 0.6) is 0 Å². The van der Waals surface area contributed by atoms with Gasteiger partial charge in [0.25, 0.3) is 0 Å². The molecule has 1 N–H and O–H groups in total. The number of H-pyrrole nitrogens is 1. The van der Waals surface area contributed by atoms with Crippen molar-refractivity contribution in [3.8, 4) is 22.5 Å². The van der Waals surface area contributed by atoms with E-state index in [0.29, 0.717) is 18.1 Å². The van der Waals surface area contributed by atoms with E-state index in [1.165, 1.54) is 44.1 Å². The highest BCUT2D eigenvalue weighted by molar-refractivity contribution is 5.80. The Morgan fingerprint density at radius 3 is 2.12 bits per heavy atom. The van der Waals surface area contributed by atoms with Crippen LogP contribution in [0.15, 0.2) is 48.5 Å². The number of rotatable bonds is 12. The molecule has 0 saturated heterocycles. The molecule has 0 atom stereocenters. The number of unbranched alkanes of at least 4 members (excludes halogenated alkanes) is 1. The molecule has 2 saturated carbocycles. The standard InChI is InChI=1S/C34H45N7O2/c1-3-4-23-41-31(24-25-19-21-26(22-20-25)29-17-11-12-18-30(29)32-36-39-40-37-32)35-33(38-41)34(2,42-27-13-7-5-8-14-27)43-28-15-9-6-10-16-28/h11-12,17-22,27-28H,3-10,13-16,23-24H2,1-2H3,(H,36,37,39,40). The molecule has 4 aromatic rings. The molecular formula is C34H45N7O2. The van der Waals surface area contributed by atoms with E-state index in [-0.39, 0.29) is 12.2 Å². The maximum atomic E-state index is 6.82. The molecule has 2 heterocycles. The van der Waals surface area contributed by atoms with Gasteiger partial charge in [-0.2, -0.15) is 5.10 Å². The lowest BCUT2D eigenvalue weighted by molar-refractivity contribution is -0.288. The second-order valence-electron chi connectivity index (χ2n) is 12.3. The van der Waals surface area contributed by atoms with Gasteiger partial charge in [-0.05, 0) is 66.1 Å². The topological polar surface area (TPSA) is 104 Å². The summed E-state index contributed by atoms with van der Waals surface area (Å²) in [7, 11) is 0. The molecule has 0 radical (unpaired) electrons. The van der Waals surface area contributed by atoms with Crippen molar-refractivity contribution in [2.45, 2.75) is 122 Å². The van der Waals surface area contributed by atoms with E-state index >= 15 is 0 Å². The first-order valence-electron chi connectivity index (χ1n) is 16.3. The second kappa shape index (κ2) is 13.9. The fraction of sp³-hybridized carbons (Fsp3) is 0.559. The quantitative estimate of drug-likeness (QED) is 0.173. The van der Waals surface area contributed by atoms with E-state index in [1.54, 1.807) is 0 Å². The van der Waals surface area contributed by atoms with Gasteiger partial charge in [0.15, 0.2) is 5.82 Å². The molecule has 0 unspecified atom stereocenters. The molecule has 2 aliphatic carbocycles. The van der Waals surface area contributed by atoms with E-state index in [2.05, 4.69) is 69.5 Å². The number of benzene rings is 2. The molecule has 0 aliphatic heterocycles. The van der Waals surface area contributed by atoms with Gasteiger partial charge in [0.1, 0.15) is 5.82 Å². The SMILES string of the molecule is CCCCn1nc(C(C)(OC2CCCCC2)OC2CCCCC2)nc1Cc1ccc(-c2ccccc2-c2nnn[nH]2)cc1. The van der Waals surface area contributed by atoms with Crippen LogP contribution < -0.4 is 0 Å². The summed E-state index contributed by atoms with van der Waals surface area (Å²) in [4.78, 5) is 5.17. The summed E-state index contributed by atoms with van der Waals surface area (Å²) in [5, 5.41) is 19.6. The average molecular weight is 584 g/mol. The molecule has 43 heavy (non-hydrogen) atoms. The second-order valence-corrected chi connectivity index (χ2v) is 12.3. The van der Waals surface area contributed by atoms with Crippen LogP contribution in [0.25, 0.3) is 22.5 Å². The van der Waals surface area contributed by atoms with Gasteiger partial charge in [0, 0.05) is 18.5 Å². The third kappa shape index (κ3) is 7.21. The van der Waals surface area contributed by atoms with Gasteiger partial charge in [-0.3, -0.25) is 0 Å². The third-order valence-electron chi connectivity index (χ3n) is 8.92. The number of ether oxygens (including phenoxy) is 2. The van der Waals surface area contributed by atoms with Crippen LogP contribution in [0.4, 0.5) is 0 Å². The summed E-state index contributed by atoms with van der Waals surface area (Å²) in [6, 6.07) is 16.8. The number of tetrazole rings is 1. The summed E-state index contributed by atoms with van der Waals surface area (Å²) < 4.78 is 15.7. The first-order valence-corrected chi connectivity index (χ1v) is 16.3. The summed E-state index contributed by atoms with van der Waals surface area (Å²) in [6.45, 7) is 5.11. The Balaban J connectivity index is 1.26. The lowest BCUT2D eigenvalue weighted by atomic mass is 9.96. The van der Waals surface area contributed by atoms with Crippen LogP contribution >= 0.6 is 0 Å². The lowest BCUT2D eigenvalue weighted by Crippen LogP contribution is -2.40. The van der Waals surface area contributed by atoms with Gasteiger partial charge in [0.05, 0.1) is 12.2 Å². The number of aromatic nitrogens is 7. The Bertz CT molecular complexity index is 1400. The fourth-order valence-electron chi connectivity index (χ4n) is 6.52. The smallest absolute Gasteiger partial charge is 0.229 e. The molecular weight excluding hydrogens is 538 g/mol. The Morgan fingerprint density at radius 1 is 0.860 bits per heavy atom. The molecule has 2 aromatic carbocycles. The highest BCUT2D eigenvalue weighted by Gasteiger charge is 2.40. The number of nitrogens with one attached hydrogen (secondary N) is 1. The van der Waals surface area contributed by atoms with Crippen LogP contribution in [0, 0.1) is 0 Å². The zero-order chi connectivity index (χ0) is 29.5. The lowest BCUT2D eigenvalue weighted by Gasteiger charge is -2.37. The van der Waals surface area contributed by atoms with Crippen molar-refractivity contribution in [1.82, 2.24) is 35.4 Å². The average Bonchev–Trinajstić information content (AvgIpc) is 3.73. The predicted molar refractivity (Wildman–Crippen MR) is 166 cm³/mol. The molecule has 2 aromatic heterocycles. The summed E-state index contributed by atoms with van der Waals surface area (Å²) >= 11 is 0. The minimum Gasteiger partial charge on any atom is -0.340 e. The normalized spacial score (nSPS) is 17.0. The summed E-state index contributed by atoms with van der Waals surface area (Å²) in [5.74, 6) is 1.33. The van der Waals surface area contributed by atoms with E-state index in [4.69, 9.17) is 19.6 Å². The number of hydrogen-bond donors (Lipinski definition) is 1. The van der Waals surface area contributed by atoms with Gasteiger partial charge in [-0.15, -0.1) is 5.10 Å². The van der Waals surface area contributed by atoms with Crippen molar-refractivity contribution in [2.24, 2.45) is 0 Å². The first kappa shape index (κ1) is 29.6. The zero-order valence-electron chi connectivity index (χ0n) is 25.7. The van der Waals surface area contributed by atoms with Gasteiger partial charge >= 0.3 is 0 Å². The molecule has 2 aliphatic rings. The first-order chi connectivity index (χ1) is 21.1. The Morgan fingerprint density at radius 2 is 1.51 bits per heavy atom. The van der Waals surface area contributed by atoms with E-state index in [1.807, 2.05) is 18.2 Å². The Hall–Kier alpha value is -3.43. The minimum absolute atomic E-state index is 0.191. The molecule has 0 bridgehead atoms. The van der Waals surface area contributed by atoms with Crippen molar-refractivity contribution >= 4 is 0 Å². The largest absolute Gasteiger partial charge is 0.340 e. The zero-order valence-corrected chi connectivity index (χ0v) is 25.7. The fourth-order valence-corrected chi connectivity index (χ4v) is 6.52. The third-order valence-corrected chi connectivity index (χ3v) is 8.92. The molecule has 0 spiro atoms. The van der Waals surface area contributed by atoms with Crippen LogP contribution in [0.2, 0.25) is 0 Å². The van der Waals surface area contributed by atoms with Crippen molar-refractivity contribution in [2.75, 3.05) is 0 Å². The predicted octanol–water partition coefficient (Wildman–Crippen LogP) is 7.39. The maximum Gasteiger partial charge on any atom is 0.229 e. The number of aromatic amines is 1. The van der Waals surface area contributed by atoms with Crippen LogP contribution in [0.3, 0.4) is 0 Å². The van der Waals surface area contributed by atoms with Gasteiger partial charge in [-0.25, -0.2) is 14.8 Å². The number of aryl methyl sites for hydroxylation is 1. The minimum atomic E-state index is -0.945. The number of nitrogens with zero attached hydrogens (tertiary/aromatic N) is 6. The highest BCUT2D eigenvalue weighted by atomic mass is 16.7. The van der Waals surface area contributed by atoms with Crippen LogP contribution in [-0.4, -0.2) is 47.6 Å². The van der Waals surface area contributed by atoms with Crippen molar-refractivity contribution in [1.29, 1.82) is 0 Å². The summed E-state index contributed by atoms with van der Waals surface area (Å²) in [6.07, 6.45) is 15.0. The molecule has 6 rings (SSSR count). The van der Waals surface area contributed by atoms with Crippen LogP contribution in [0.1, 0.15) is 108 Å². The van der Waals surface area contributed by atoms with E-state index in [9.17, 15) is 0 Å². The molecule has 9 heteroatoms. The van der Waals surface area contributed by atoms with Gasteiger partial charge < -0.3 is 9.47 Å². The van der Waals surface area contributed by atoms with E-state index < -0.39 is 5.79 Å². The van der Waals surface area contributed by atoms with Crippen molar-refractivity contribution in [3.63, 3.8) is 0 Å². The van der Waals surface area contributed by atoms with Crippen LogP contribution in [-0.2, 0) is 28.2 Å². The van der Waals surface area contributed by atoms with Gasteiger partial charge in [0.2, 0.25) is 11.6 Å². The Kier molecular flexibility index (Phi) is 9.58. The highest BCUT2D eigenvalue weighted by Crippen LogP contribution is 2.36. The number of hydrogen-bond acceptors (Lipinski definition) is 7. The molecule has 9 nitrogen and oxygen atoms in total. The molecule has 228 valence electrons. The summed E-state index contributed by atoms with van der Waals surface area (Å²) in [5.41, 5.74) is 4.34. The molecule has 2 fully saturated rings. The molecule has 0 amide bonds. The van der Waals surface area contributed by atoms with E-state index in [0.717, 1.165) is 67.6 Å². The Labute approximate surface area is 254 Å². The van der Waals surface area contributed by atoms with Crippen molar-refractivity contribution in [3.05, 3.63) is 65.7 Å². The van der Waals surface area contributed by atoms with Gasteiger partial charge in [-0.1, -0.05) is 100 Å². The maximum absolute atomic E-state index is 6.82. The van der Waals surface area contributed by atoms with Crippen molar-refractivity contribution < 1.29 is 9.47 Å². The monoisotopic (exact) mass is 583 g/mol.